The van der Waals surface area contributed by atoms with Crippen molar-refractivity contribution in [2.24, 2.45) is 0 Å². The van der Waals surface area contributed by atoms with Crippen molar-refractivity contribution in [3.63, 3.8) is 0 Å². The van der Waals surface area contributed by atoms with E-state index in [0.29, 0.717) is 31.3 Å². The van der Waals surface area contributed by atoms with Crippen LogP contribution in [0.1, 0.15) is 24.9 Å². The minimum Gasteiger partial charge on any atom is -0.490 e. The molecule has 1 aliphatic heterocycles. The maximum Gasteiger partial charge on any atom is 0.327 e. The molecular formula is C14H18BrNO4. The smallest absolute Gasteiger partial charge is 0.327 e. The van der Waals surface area contributed by atoms with E-state index in [4.69, 9.17) is 14.2 Å². The summed E-state index contributed by atoms with van der Waals surface area (Å²) in [7, 11) is 1.38. The molecule has 0 aromatic heterocycles. The van der Waals surface area contributed by atoms with Crippen LogP contribution in [0.5, 0.6) is 11.5 Å². The van der Waals surface area contributed by atoms with Crippen molar-refractivity contribution in [2.45, 2.75) is 19.4 Å². The molecule has 1 heterocycles. The molecule has 0 saturated heterocycles. The highest BCUT2D eigenvalue weighted by molar-refractivity contribution is 9.10. The second kappa shape index (κ2) is 6.95. The predicted molar refractivity (Wildman–Crippen MR) is 78.2 cm³/mol. The lowest BCUT2D eigenvalue weighted by Crippen LogP contribution is -2.29. The highest BCUT2D eigenvalue weighted by Crippen LogP contribution is 2.39. The summed E-state index contributed by atoms with van der Waals surface area (Å²) in [5.74, 6) is 1.01. The zero-order valence-electron chi connectivity index (χ0n) is 11.6. The normalized spacial score (nSPS) is 15.3. The van der Waals surface area contributed by atoms with Gasteiger partial charge in [0.2, 0.25) is 0 Å². The van der Waals surface area contributed by atoms with Crippen LogP contribution >= 0.6 is 15.9 Å². The topological polar surface area (TPSA) is 56.8 Å². The number of rotatable bonds is 4. The molecule has 2 rings (SSSR count). The summed E-state index contributed by atoms with van der Waals surface area (Å²) in [4.78, 5) is 11.9. The SMILES string of the molecule is CCNC(C(=O)OC)c1cc(Br)c2c(c1)OCCCO2. The van der Waals surface area contributed by atoms with Crippen molar-refractivity contribution in [1.29, 1.82) is 0 Å². The molecule has 0 saturated carbocycles. The van der Waals surface area contributed by atoms with Gasteiger partial charge in [0.05, 0.1) is 24.8 Å². The molecule has 20 heavy (non-hydrogen) atoms. The maximum atomic E-state index is 11.9. The van der Waals surface area contributed by atoms with Gasteiger partial charge in [-0.1, -0.05) is 6.92 Å². The highest BCUT2D eigenvalue weighted by Gasteiger charge is 2.24. The third-order valence-corrected chi connectivity index (χ3v) is 3.59. The lowest BCUT2D eigenvalue weighted by atomic mass is 10.1. The Morgan fingerprint density at radius 1 is 1.45 bits per heavy atom. The average Bonchev–Trinajstić information content (AvgIpc) is 2.69. The molecule has 1 aromatic carbocycles. The summed E-state index contributed by atoms with van der Waals surface area (Å²) < 4.78 is 16.9. The summed E-state index contributed by atoms with van der Waals surface area (Å²) in [6.45, 7) is 3.82. The Bertz CT molecular complexity index is 492. The summed E-state index contributed by atoms with van der Waals surface area (Å²) in [5.41, 5.74) is 0.787. The molecule has 0 radical (unpaired) electrons. The maximum absolute atomic E-state index is 11.9. The van der Waals surface area contributed by atoms with Crippen molar-refractivity contribution >= 4 is 21.9 Å². The Morgan fingerprint density at radius 2 is 2.20 bits per heavy atom. The van der Waals surface area contributed by atoms with E-state index in [1.165, 1.54) is 7.11 Å². The van der Waals surface area contributed by atoms with Crippen molar-refractivity contribution in [3.05, 3.63) is 22.2 Å². The number of hydrogen-bond donors (Lipinski definition) is 1. The van der Waals surface area contributed by atoms with Gasteiger partial charge in [0, 0.05) is 6.42 Å². The number of carbonyl (C=O) groups is 1. The Labute approximate surface area is 126 Å². The van der Waals surface area contributed by atoms with Gasteiger partial charge in [0.1, 0.15) is 6.04 Å². The summed E-state index contributed by atoms with van der Waals surface area (Å²) in [5, 5.41) is 3.11. The zero-order chi connectivity index (χ0) is 14.5. The summed E-state index contributed by atoms with van der Waals surface area (Å²) >= 11 is 3.47. The van der Waals surface area contributed by atoms with Gasteiger partial charge in [0.25, 0.3) is 0 Å². The van der Waals surface area contributed by atoms with Gasteiger partial charge in [-0.05, 0) is 40.2 Å². The van der Waals surface area contributed by atoms with Crippen LogP contribution in [0.25, 0.3) is 0 Å². The van der Waals surface area contributed by atoms with Crippen LogP contribution in [0.4, 0.5) is 0 Å². The number of esters is 1. The average molecular weight is 344 g/mol. The Hall–Kier alpha value is -1.27. The number of methoxy groups -OCH3 is 1. The number of fused-ring (bicyclic) bond motifs is 1. The molecule has 6 heteroatoms. The number of hydrogen-bond acceptors (Lipinski definition) is 5. The Morgan fingerprint density at radius 3 is 2.90 bits per heavy atom. The molecule has 0 fully saturated rings. The van der Waals surface area contributed by atoms with Crippen molar-refractivity contribution in [1.82, 2.24) is 5.32 Å². The fourth-order valence-electron chi connectivity index (χ4n) is 2.08. The molecule has 1 unspecified atom stereocenters. The van der Waals surface area contributed by atoms with Crippen LogP contribution in [0, 0.1) is 0 Å². The molecule has 0 amide bonds. The van der Waals surface area contributed by atoms with Crippen LogP contribution in [0.3, 0.4) is 0 Å². The van der Waals surface area contributed by atoms with E-state index in [1.54, 1.807) is 0 Å². The van der Waals surface area contributed by atoms with Gasteiger partial charge in [-0.15, -0.1) is 0 Å². The van der Waals surface area contributed by atoms with Gasteiger partial charge < -0.3 is 19.5 Å². The molecule has 5 nitrogen and oxygen atoms in total. The minimum absolute atomic E-state index is 0.326. The Kier molecular flexibility index (Phi) is 5.25. The first-order valence-electron chi connectivity index (χ1n) is 6.57. The fourth-order valence-corrected chi connectivity index (χ4v) is 2.65. The van der Waals surface area contributed by atoms with E-state index in [2.05, 4.69) is 21.2 Å². The Balaban J connectivity index is 2.38. The molecule has 1 N–H and O–H groups in total. The van der Waals surface area contributed by atoms with Gasteiger partial charge in [-0.2, -0.15) is 0 Å². The quantitative estimate of drug-likeness (QED) is 0.851. The number of carbonyl (C=O) groups excluding carboxylic acids is 1. The van der Waals surface area contributed by atoms with Crippen LogP contribution in [-0.2, 0) is 9.53 Å². The van der Waals surface area contributed by atoms with Crippen molar-refractivity contribution in [3.8, 4) is 11.5 Å². The first-order chi connectivity index (χ1) is 9.67. The highest BCUT2D eigenvalue weighted by atomic mass is 79.9. The third-order valence-electron chi connectivity index (χ3n) is 3.00. The molecule has 1 aromatic rings. The summed E-state index contributed by atoms with van der Waals surface area (Å²) in [6.07, 6.45) is 0.837. The lowest BCUT2D eigenvalue weighted by molar-refractivity contribution is -0.143. The number of ether oxygens (including phenoxy) is 3. The van der Waals surface area contributed by atoms with E-state index in [0.717, 1.165) is 16.5 Å². The first kappa shape index (κ1) is 15.1. The van der Waals surface area contributed by atoms with Crippen LogP contribution in [0.15, 0.2) is 16.6 Å². The summed E-state index contributed by atoms with van der Waals surface area (Å²) in [6, 6.07) is 3.17. The van der Waals surface area contributed by atoms with Gasteiger partial charge in [0.15, 0.2) is 11.5 Å². The molecule has 110 valence electrons. The van der Waals surface area contributed by atoms with Crippen LogP contribution in [-0.4, -0.2) is 32.8 Å². The van der Waals surface area contributed by atoms with Crippen molar-refractivity contribution in [2.75, 3.05) is 26.9 Å². The van der Waals surface area contributed by atoms with E-state index >= 15 is 0 Å². The van der Waals surface area contributed by atoms with Crippen LogP contribution in [0.2, 0.25) is 0 Å². The molecule has 0 aliphatic carbocycles. The monoisotopic (exact) mass is 343 g/mol. The fraction of sp³-hybridized carbons (Fsp3) is 0.500. The lowest BCUT2D eigenvalue weighted by Gasteiger charge is -2.18. The molecule has 1 atom stereocenters. The third kappa shape index (κ3) is 3.24. The second-order valence-electron chi connectivity index (χ2n) is 4.39. The second-order valence-corrected chi connectivity index (χ2v) is 5.25. The predicted octanol–water partition coefficient (Wildman–Crippen LogP) is 2.43. The molecule has 1 aliphatic rings. The van der Waals surface area contributed by atoms with E-state index in [-0.39, 0.29) is 5.97 Å². The van der Waals surface area contributed by atoms with Gasteiger partial charge in [-0.3, -0.25) is 0 Å². The molecule has 0 bridgehead atoms. The molecular weight excluding hydrogens is 326 g/mol. The first-order valence-corrected chi connectivity index (χ1v) is 7.37. The number of likely N-dealkylation sites (N-methyl/N-ethyl adjacent to an activating group) is 1. The van der Waals surface area contributed by atoms with E-state index < -0.39 is 6.04 Å². The van der Waals surface area contributed by atoms with Crippen LogP contribution < -0.4 is 14.8 Å². The van der Waals surface area contributed by atoms with E-state index in [1.807, 2.05) is 19.1 Å². The largest absolute Gasteiger partial charge is 0.490 e. The zero-order valence-corrected chi connectivity index (χ0v) is 13.2. The number of benzene rings is 1. The number of halogens is 1. The number of nitrogens with one attached hydrogen (secondary N) is 1. The van der Waals surface area contributed by atoms with E-state index in [9.17, 15) is 4.79 Å². The van der Waals surface area contributed by atoms with Crippen molar-refractivity contribution < 1.29 is 19.0 Å². The minimum atomic E-state index is -0.515. The van der Waals surface area contributed by atoms with Gasteiger partial charge in [-0.25, -0.2) is 4.79 Å². The molecule has 0 spiro atoms. The standard InChI is InChI=1S/C14H18BrNO4/c1-3-16-12(14(17)18-2)9-7-10(15)13-11(8-9)19-5-4-6-20-13/h7-8,12,16H,3-6H2,1-2H3. The van der Waals surface area contributed by atoms with Gasteiger partial charge >= 0.3 is 5.97 Å².